The van der Waals surface area contributed by atoms with Crippen molar-refractivity contribution in [1.82, 2.24) is 20.1 Å². The van der Waals surface area contributed by atoms with E-state index in [1.165, 1.54) is 12.8 Å². The monoisotopic (exact) mass is 273 g/mol. The Labute approximate surface area is 117 Å². The number of hydrogen-bond acceptors (Lipinski definition) is 6. The van der Waals surface area contributed by atoms with Crippen molar-refractivity contribution in [2.45, 2.75) is 45.4 Å². The van der Waals surface area contributed by atoms with Crippen molar-refractivity contribution in [3.05, 3.63) is 18.2 Å². The smallest absolute Gasteiger partial charge is 0.280 e. The second-order valence-electron chi connectivity index (χ2n) is 6.19. The van der Waals surface area contributed by atoms with Gasteiger partial charge in [0.25, 0.3) is 5.89 Å². The molecule has 1 fully saturated rings. The van der Waals surface area contributed by atoms with Crippen LogP contribution in [0.3, 0.4) is 0 Å². The molecule has 6 nitrogen and oxygen atoms in total. The number of nitrogens with zero attached hydrogens (tertiary/aromatic N) is 4. The fourth-order valence-electron chi connectivity index (χ4n) is 2.67. The van der Waals surface area contributed by atoms with Gasteiger partial charge in [-0.2, -0.15) is 4.98 Å². The molecule has 0 aromatic carbocycles. The molecule has 2 N–H and O–H groups in total. The van der Waals surface area contributed by atoms with Crippen molar-refractivity contribution >= 4 is 5.82 Å². The van der Waals surface area contributed by atoms with Gasteiger partial charge in [0.2, 0.25) is 0 Å². The lowest BCUT2D eigenvalue weighted by Crippen LogP contribution is -2.20. The molecule has 2 aromatic heterocycles. The normalized spacial score (nSPS) is 19.1. The second-order valence-corrected chi connectivity index (χ2v) is 6.19. The maximum absolute atomic E-state index is 5.77. The minimum atomic E-state index is 0.312. The molecule has 2 heterocycles. The molecular weight excluding hydrogens is 254 g/mol. The quantitative estimate of drug-likeness (QED) is 0.904. The lowest BCUT2D eigenvalue weighted by molar-refractivity contribution is 0.218. The van der Waals surface area contributed by atoms with E-state index in [9.17, 15) is 0 Å². The third kappa shape index (κ3) is 2.50. The highest BCUT2D eigenvalue weighted by Gasteiger charge is 2.30. The molecule has 1 aliphatic carbocycles. The minimum Gasteiger partial charge on any atom is -0.382 e. The van der Waals surface area contributed by atoms with E-state index in [0.29, 0.717) is 28.7 Å². The van der Waals surface area contributed by atoms with Crippen molar-refractivity contribution in [3.8, 4) is 11.6 Å². The molecule has 6 heteroatoms. The molecule has 0 spiro atoms. The molecule has 2 aromatic rings. The fourth-order valence-corrected chi connectivity index (χ4v) is 2.67. The predicted octanol–water partition coefficient (Wildman–Crippen LogP) is 2.79. The summed E-state index contributed by atoms with van der Waals surface area (Å²) >= 11 is 0. The molecule has 106 valence electrons. The van der Waals surface area contributed by atoms with Gasteiger partial charge in [-0.15, -0.1) is 0 Å². The van der Waals surface area contributed by atoms with E-state index in [1.54, 1.807) is 12.4 Å². The van der Waals surface area contributed by atoms with E-state index in [2.05, 4.69) is 34.0 Å². The van der Waals surface area contributed by atoms with Crippen molar-refractivity contribution in [2.24, 2.45) is 5.41 Å². The molecule has 1 aliphatic rings. The first kappa shape index (κ1) is 13.0. The third-order valence-corrected chi connectivity index (χ3v) is 4.08. The van der Waals surface area contributed by atoms with Crippen LogP contribution in [0.25, 0.3) is 11.6 Å². The summed E-state index contributed by atoms with van der Waals surface area (Å²) in [5, 5.41) is 4.10. The zero-order valence-electron chi connectivity index (χ0n) is 11.8. The molecule has 0 bridgehead atoms. The fraction of sp³-hybridized carbons (Fsp3) is 0.571. The topological polar surface area (TPSA) is 90.7 Å². The van der Waals surface area contributed by atoms with Crippen molar-refractivity contribution < 1.29 is 4.52 Å². The van der Waals surface area contributed by atoms with Gasteiger partial charge >= 0.3 is 0 Å². The Morgan fingerprint density at radius 3 is 2.60 bits per heavy atom. The SMILES string of the molecule is CC1(C)CCC(c2noc(-c3nccnc3N)n2)CC1. The van der Waals surface area contributed by atoms with Crippen LogP contribution >= 0.6 is 0 Å². The number of nitrogen functional groups attached to an aromatic ring is 1. The number of rotatable bonds is 2. The summed E-state index contributed by atoms with van der Waals surface area (Å²) in [5.74, 6) is 1.81. The van der Waals surface area contributed by atoms with E-state index in [-0.39, 0.29) is 0 Å². The summed E-state index contributed by atoms with van der Waals surface area (Å²) < 4.78 is 5.29. The molecule has 1 saturated carbocycles. The van der Waals surface area contributed by atoms with Gasteiger partial charge in [0.15, 0.2) is 17.3 Å². The van der Waals surface area contributed by atoms with Crippen LogP contribution < -0.4 is 5.73 Å². The molecule has 0 radical (unpaired) electrons. The molecule has 0 saturated heterocycles. The minimum absolute atomic E-state index is 0.312. The van der Waals surface area contributed by atoms with Crippen LogP contribution in [0.15, 0.2) is 16.9 Å². The molecule has 0 amide bonds. The summed E-state index contributed by atoms with van der Waals surface area (Å²) in [7, 11) is 0. The standard InChI is InChI=1S/C14H19N5O/c1-14(2)5-3-9(4-6-14)12-18-13(20-19-12)10-11(15)17-8-7-16-10/h7-9H,3-6H2,1-2H3,(H2,15,17). The third-order valence-electron chi connectivity index (χ3n) is 4.08. The Bertz CT molecular complexity index is 597. The first-order valence-corrected chi connectivity index (χ1v) is 6.96. The first-order chi connectivity index (χ1) is 9.55. The molecule has 20 heavy (non-hydrogen) atoms. The summed E-state index contributed by atoms with van der Waals surface area (Å²) in [6, 6.07) is 0. The number of aromatic nitrogens is 4. The van der Waals surface area contributed by atoms with Gasteiger partial charge in [-0.25, -0.2) is 9.97 Å². The van der Waals surface area contributed by atoms with Gasteiger partial charge in [0, 0.05) is 18.3 Å². The van der Waals surface area contributed by atoms with Crippen LogP contribution in [0, 0.1) is 5.41 Å². The lowest BCUT2D eigenvalue weighted by Gasteiger charge is -2.32. The largest absolute Gasteiger partial charge is 0.382 e. The van der Waals surface area contributed by atoms with Crippen molar-refractivity contribution in [2.75, 3.05) is 5.73 Å². The molecule has 3 rings (SSSR count). The van der Waals surface area contributed by atoms with E-state index < -0.39 is 0 Å². The average molecular weight is 273 g/mol. The Hall–Kier alpha value is -1.98. The first-order valence-electron chi connectivity index (χ1n) is 6.96. The van der Waals surface area contributed by atoms with Gasteiger partial charge in [-0.1, -0.05) is 19.0 Å². The van der Waals surface area contributed by atoms with E-state index in [0.717, 1.165) is 18.7 Å². The second kappa shape index (κ2) is 4.85. The summed E-state index contributed by atoms with van der Waals surface area (Å²) in [4.78, 5) is 12.6. The Morgan fingerprint density at radius 1 is 1.20 bits per heavy atom. The van der Waals surface area contributed by atoms with Gasteiger partial charge in [-0.05, 0) is 31.1 Å². The summed E-state index contributed by atoms with van der Waals surface area (Å²) in [6.07, 6.45) is 7.69. The van der Waals surface area contributed by atoms with Crippen molar-refractivity contribution in [1.29, 1.82) is 0 Å². The van der Waals surface area contributed by atoms with Crippen LogP contribution in [-0.2, 0) is 0 Å². The number of nitrogens with two attached hydrogens (primary N) is 1. The van der Waals surface area contributed by atoms with Gasteiger partial charge in [-0.3, -0.25) is 0 Å². The molecule has 0 atom stereocenters. The van der Waals surface area contributed by atoms with E-state index in [1.807, 2.05) is 0 Å². The van der Waals surface area contributed by atoms with Crippen LogP contribution in [0.2, 0.25) is 0 Å². The molecule has 0 unspecified atom stereocenters. The van der Waals surface area contributed by atoms with Crippen LogP contribution in [0.1, 0.15) is 51.3 Å². The Balaban J connectivity index is 1.80. The predicted molar refractivity (Wildman–Crippen MR) is 74.7 cm³/mol. The highest BCUT2D eigenvalue weighted by atomic mass is 16.5. The number of anilines is 1. The maximum atomic E-state index is 5.77. The summed E-state index contributed by atoms with van der Waals surface area (Å²) in [5.41, 5.74) is 6.66. The van der Waals surface area contributed by atoms with Crippen LogP contribution in [-0.4, -0.2) is 20.1 Å². The zero-order chi connectivity index (χ0) is 14.2. The zero-order valence-corrected chi connectivity index (χ0v) is 11.8. The van der Waals surface area contributed by atoms with Gasteiger partial charge < -0.3 is 10.3 Å². The maximum Gasteiger partial charge on any atom is 0.280 e. The average Bonchev–Trinajstić information content (AvgIpc) is 2.88. The highest BCUT2D eigenvalue weighted by Crippen LogP contribution is 2.41. The van der Waals surface area contributed by atoms with Crippen molar-refractivity contribution in [3.63, 3.8) is 0 Å². The Morgan fingerprint density at radius 2 is 1.90 bits per heavy atom. The van der Waals surface area contributed by atoms with Gasteiger partial charge in [0.05, 0.1) is 0 Å². The molecule has 0 aliphatic heterocycles. The number of hydrogen-bond donors (Lipinski definition) is 1. The van der Waals surface area contributed by atoms with Crippen LogP contribution in [0.5, 0.6) is 0 Å². The van der Waals surface area contributed by atoms with E-state index in [4.69, 9.17) is 10.3 Å². The van der Waals surface area contributed by atoms with Crippen LogP contribution in [0.4, 0.5) is 5.82 Å². The van der Waals surface area contributed by atoms with E-state index >= 15 is 0 Å². The Kier molecular flexibility index (Phi) is 3.16. The lowest BCUT2D eigenvalue weighted by atomic mass is 9.73. The highest BCUT2D eigenvalue weighted by molar-refractivity contribution is 5.61. The molecular formula is C14H19N5O. The van der Waals surface area contributed by atoms with Gasteiger partial charge in [0.1, 0.15) is 0 Å². The summed E-state index contributed by atoms with van der Waals surface area (Å²) in [6.45, 7) is 4.62.